The molecule has 0 aliphatic heterocycles. The Morgan fingerprint density at radius 3 is 2.52 bits per heavy atom. The molecule has 3 aromatic rings. The van der Waals surface area contributed by atoms with Gasteiger partial charge in [0, 0.05) is 23.4 Å². The van der Waals surface area contributed by atoms with Crippen LogP contribution < -0.4 is 5.32 Å². The monoisotopic (exact) mass is 412 g/mol. The summed E-state index contributed by atoms with van der Waals surface area (Å²) in [5, 5.41) is 27.5. The molecular weight excluding hydrogens is 396 g/mol. The number of nitro benzene ring substituents is 2. The molecule has 3 rings (SSSR count). The zero-order valence-corrected chi connectivity index (χ0v) is 16.1. The Kier molecular flexibility index (Phi) is 5.93. The van der Waals surface area contributed by atoms with Crippen LogP contribution in [0.25, 0.3) is 0 Å². The van der Waals surface area contributed by atoms with Crippen LogP contribution in [-0.4, -0.2) is 20.7 Å². The Morgan fingerprint density at radius 2 is 1.86 bits per heavy atom. The fourth-order valence-corrected chi connectivity index (χ4v) is 3.59. The standard InChI is InChI=1S/C19H16N4O5S/c1-12-16(8-15(22(25)26)9-17(12)23(27)28)19(24)20-10-14-11-29-18(21-14)7-13-5-3-2-4-6-13/h2-6,8-9,11H,7,10H2,1H3,(H,20,24). The maximum atomic E-state index is 12.5. The van der Waals surface area contributed by atoms with Crippen molar-refractivity contribution in [3.8, 4) is 0 Å². The minimum absolute atomic E-state index is 0.0705. The van der Waals surface area contributed by atoms with Gasteiger partial charge in [0.2, 0.25) is 0 Å². The summed E-state index contributed by atoms with van der Waals surface area (Å²) in [5.74, 6) is -0.632. The summed E-state index contributed by atoms with van der Waals surface area (Å²) in [7, 11) is 0. The van der Waals surface area contributed by atoms with E-state index in [0.29, 0.717) is 12.1 Å². The Bertz CT molecular complexity index is 1080. The van der Waals surface area contributed by atoms with E-state index in [1.165, 1.54) is 18.3 Å². The largest absolute Gasteiger partial charge is 0.346 e. The van der Waals surface area contributed by atoms with Crippen molar-refractivity contribution in [3.63, 3.8) is 0 Å². The maximum absolute atomic E-state index is 12.5. The lowest BCUT2D eigenvalue weighted by Gasteiger charge is -2.07. The number of carbonyl (C=O) groups excluding carboxylic acids is 1. The number of nitrogens with zero attached hydrogens (tertiary/aromatic N) is 3. The van der Waals surface area contributed by atoms with E-state index in [1.54, 1.807) is 0 Å². The van der Waals surface area contributed by atoms with Crippen LogP contribution in [0.15, 0.2) is 47.8 Å². The predicted octanol–water partition coefficient (Wildman–Crippen LogP) is 3.79. The maximum Gasteiger partial charge on any atom is 0.279 e. The minimum atomic E-state index is -0.764. The Balaban J connectivity index is 1.73. The quantitative estimate of drug-likeness (QED) is 0.464. The molecule has 9 nitrogen and oxygen atoms in total. The Hall–Kier alpha value is -3.66. The number of hydrogen-bond acceptors (Lipinski definition) is 7. The van der Waals surface area contributed by atoms with Crippen molar-refractivity contribution in [3.05, 3.63) is 95.5 Å². The fourth-order valence-electron chi connectivity index (χ4n) is 2.76. The molecule has 0 bridgehead atoms. The molecule has 0 saturated heterocycles. The zero-order chi connectivity index (χ0) is 21.0. The summed E-state index contributed by atoms with van der Waals surface area (Å²) in [6, 6.07) is 11.7. The number of rotatable bonds is 7. The topological polar surface area (TPSA) is 128 Å². The first kappa shape index (κ1) is 20.1. The number of nitrogens with one attached hydrogen (secondary N) is 1. The van der Waals surface area contributed by atoms with Crippen LogP contribution in [0.1, 0.15) is 32.2 Å². The molecule has 0 unspecified atom stereocenters. The third-order valence-electron chi connectivity index (χ3n) is 4.24. The van der Waals surface area contributed by atoms with Gasteiger partial charge in [-0.3, -0.25) is 25.0 Å². The molecule has 2 aromatic carbocycles. The van der Waals surface area contributed by atoms with E-state index < -0.39 is 27.1 Å². The van der Waals surface area contributed by atoms with Crippen molar-refractivity contribution >= 4 is 28.6 Å². The van der Waals surface area contributed by atoms with Crippen molar-refractivity contribution in [1.29, 1.82) is 0 Å². The third kappa shape index (κ3) is 4.79. The Morgan fingerprint density at radius 1 is 1.14 bits per heavy atom. The Labute approximate surface area is 169 Å². The van der Waals surface area contributed by atoms with Gasteiger partial charge in [-0.1, -0.05) is 30.3 Å². The highest BCUT2D eigenvalue weighted by Gasteiger charge is 2.24. The van der Waals surface area contributed by atoms with Crippen LogP contribution in [0.5, 0.6) is 0 Å². The number of amides is 1. The van der Waals surface area contributed by atoms with Gasteiger partial charge in [0.05, 0.1) is 38.7 Å². The second kappa shape index (κ2) is 8.57. The van der Waals surface area contributed by atoms with Gasteiger partial charge < -0.3 is 5.32 Å². The van der Waals surface area contributed by atoms with Gasteiger partial charge in [-0.2, -0.15) is 0 Å². The van der Waals surface area contributed by atoms with Crippen LogP contribution in [0.2, 0.25) is 0 Å². The minimum Gasteiger partial charge on any atom is -0.346 e. The van der Waals surface area contributed by atoms with E-state index in [2.05, 4.69) is 10.3 Å². The lowest BCUT2D eigenvalue weighted by atomic mass is 10.0. The van der Waals surface area contributed by atoms with E-state index in [4.69, 9.17) is 0 Å². The van der Waals surface area contributed by atoms with E-state index in [1.807, 2.05) is 35.7 Å². The summed E-state index contributed by atoms with van der Waals surface area (Å²) in [4.78, 5) is 37.7. The zero-order valence-electron chi connectivity index (χ0n) is 15.3. The molecule has 0 atom stereocenters. The molecule has 0 spiro atoms. The lowest BCUT2D eigenvalue weighted by molar-refractivity contribution is -0.394. The number of hydrogen-bond donors (Lipinski definition) is 1. The van der Waals surface area contributed by atoms with E-state index in [-0.39, 0.29) is 17.7 Å². The highest BCUT2D eigenvalue weighted by molar-refractivity contribution is 7.09. The molecule has 148 valence electrons. The summed E-state index contributed by atoms with van der Waals surface area (Å²) in [5.41, 5.74) is 0.755. The van der Waals surface area contributed by atoms with Crippen molar-refractivity contribution in [2.75, 3.05) is 0 Å². The number of carbonyl (C=O) groups is 1. The van der Waals surface area contributed by atoms with Crippen LogP contribution in [0.4, 0.5) is 11.4 Å². The van der Waals surface area contributed by atoms with E-state index >= 15 is 0 Å². The smallest absolute Gasteiger partial charge is 0.279 e. The molecule has 29 heavy (non-hydrogen) atoms. The molecule has 1 amide bonds. The molecule has 1 N–H and O–H groups in total. The van der Waals surface area contributed by atoms with Gasteiger partial charge in [-0.05, 0) is 12.5 Å². The normalized spacial score (nSPS) is 10.5. The molecule has 0 saturated carbocycles. The average Bonchev–Trinajstić information content (AvgIpc) is 3.14. The van der Waals surface area contributed by atoms with Gasteiger partial charge in [-0.25, -0.2) is 4.98 Å². The highest BCUT2D eigenvalue weighted by Crippen LogP contribution is 2.28. The lowest BCUT2D eigenvalue weighted by Crippen LogP contribution is -2.24. The number of non-ortho nitro benzene ring substituents is 1. The average molecular weight is 412 g/mol. The van der Waals surface area contributed by atoms with Gasteiger partial charge in [0.25, 0.3) is 17.3 Å². The number of thiazole rings is 1. The van der Waals surface area contributed by atoms with Gasteiger partial charge >= 0.3 is 0 Å². The van der Waals surface area contributed by atoms with Gasteiger partial charge in [0.1, 0.15) is 0 Å². The van der Waals surface area contributed by atoms with Crippen molar-refractivity contribution in [1.82, 2.24) is 10.3 Å². The summed E-state index contributed by atoms with van der Waals surface area (Å²) >= 11 is 1.47. The number of aromatic nitrogens is 1. The molecule has 0 fully saturated rings. The molecule has 10 heteroatoms. The number of benzene rings is 2. The molecule has 0 radical (unpaired) electrons. The van der Waals surface area contributed by atoms with Crippen LogP contribution in [-0.2, 0) is 13.0 Å². The van der Waals surface area contributed by atoms with Crippen molar-refractivity contribution in [2.45, 2.75) is 19.9 Å². The van der Waals surface area contributed by atoms with Crippen LogP contribution in [0.3, 0.4) is 0 Å². The first-order valence-electron chi connectivity index (χ1n) is 8.54. The van der Waals surface area contributed by atoms with Crippen LogP contribution in [0, 0.1) is 27.2 Å². The van der Waals surface area contributed by atoms with Gasteiger partial charge in [-0.15, -0.1) is 11.3 Å². The second-order valence-electron chi connectivity index (χ2n) is 6.23. The molecular formula is C19H16N4O5S. The van der Waals surface area contributed by atoms with Gasteiger partial charge in [0.15, 0.2) is 0 Å². The third-order valence-corrected chi connectivity index (χ3v) is 5.14. The summed E-state index contributed by atoms with van der Waals surface area (Å²) in [6.45, 7) is 1.50. The highest BCUT2D eigenvalue weighted by atomic mass is 32.1. The SMILES string of the molecule is Cc1c(C(=O)NCc2csc(Cc3ccccc3)n2)cc([N+](=O)[O-])cc1[N+](=O)[O-]. The molecule has 1 aromatic heterocycles. The molecule has 1 heterocycles. The van der Waals surface area contributed by atoms with E-state index in [0.717, 1.165) is 22.7 Å². The second-order valence-corrected chi connectivity index (χ2v) is 7.17. The fraction of sp³-hybridized carbons (Fsp3) is 0.158. The van der Waals surface area contributed by atoms with E-state index in [9.17, 15) is 25.0 Å². The van der Waals surface area contributed by atoms with Crippen molar-refractivity contribution < 1.29 is 14.6 Å². The summed E-state index contributed by atoms with van der Waals surface area (Å²) in [6.07, 6.45) is 0.676. The molecule has 0 aliphatic carbocycles. The van der Waals surface area contributed by atoms with Crippen molar-refractivity contribution in [2.24, 2.45) is 0 Å². The first-order chi connectivity index (χ1) is 13.8. The summed E-state index contributed by atoms with van der Waals surface area (Å²) < 4.78 is 0. The van der Waals surface area contributed by atoms with Crippen LogP contribution >= 0.6 is 11.3 Å². The molecule has 0 aliphatic rings. The number of nitro groups is 2. The predicted molar refractivity (Wildman–Crippen MR) is 107 cm³/mol. The first-order valence-corrected chi connectivity index (χ1v) is 9.42.